The average Bonchev–Trinajstić information content (AvgIpc) is 1.78. The molecule has 14 heavy (non-hydrogen) atoms. The van der Waals surface area contributed by atoms with E-state index in [0.29, 0.717) is 0 Å². The Balaban J connectivity index is 0. The summed E-state index contributed by atoms with van der Waals surface area (Å²) in [7, 11) is -6.72. The molecule has 0 aromatic carbocycles. The molecule has 0 spiro atoms. The van der Waals surface area contributed by atoms with Gasteiger partial charge in [0.2, 0.25) is 0 Å². The van der Waals surface area contributed by atoms with Gasteiger partial charge in [0.05, 0.1) is 14.1 Å². The standard InChI is InChI=1S/C5H13N2.F6P/c1-5-7(4)6(2)3;1-7(2,3,4,5)6/h4-5H2,1-3H3;/q+1;-1. The van der Waals surface area contributed by atoms with Crippen molar-refractivity contribution in [2.75, 3.05) is 20.6 Å². The molecule has 0 atom stereocenters. The molecule has 0 aliphatic carbocycles. The monoisotopic (exact) mass is 246 g/mol. The second-order valence-corrected chi connectivity index (χ2v) is 4.54. The van der Waals surface area contributed by atoms with Crippen LogP contribution in [0.1, 0.15) is 6.92 Å². The Bertz CT molecular complexity index is 192. The van der Waals surface area contributed by atoms with Crippen molar-refractivity contribution < 1.29 is 29.9 Å². The van der Waals surface area contributed by atoms with Gasteiger partial charge in [-0.25, -0.2) is 0 Å². The SMILES string of the molecule is C=[N+](CC)N(C)C.F[P-](F)(F)(F)(F)F. The molecule has 0 unspecified atom stereocenters. The van der Waals surface area contributed by atoms with Gasteiger partial charge < -0.3 is 0 Å². The zero-order valence-corrected chi connectivity index (χ0v) is 8.92. The van der Waals surface area contributed by atoms with Crippen LogP contribution in [0.5, 0.6) is 0 Å². The summed E-state index contributed by atoms with van der Waals surface area (Å²) in [6.07, 6.45) is 0. The van der Waals surface area contributed by atoms with E-state index < -0.39 is 7.81 Å². The molecule has 0 saturated carbocycles. The van der Waals surface area contributed by atoms with Crippen molar-refractivity contribution >= 4 is 14.5 Å². The van der Waals surface area contributed by atoms with Crippen LogP contribution in [0.4, 0.5) is 25.2 Å². The third kappa shape index (κ3) is 42.0. The number of hydrogen-bond donors (Lipinski definition) is 0. The molecular formula is C5H13F6N2P. The molecule has 2 nitrogen and oxygen atoms in total. The molecule has 9 heteroatoms. The summed E-state index contributed by atoms with van der Waals surface area (Å²) in [5.74, 6) is 0. The van der Waals surface area contributed by atoms with E-state index in [1.54, 1.807) is 0 Å². The predicted octanol–water partition coefficient (Wildman–Crippen LogP) is 3.58. The number of halogens is 6. The van der Waals surface area contributed by atoms with E-state index in [-0.39, 0.29) is 0 Å². The van der Waals surface area contributed by atoms with Crippen LogP contribution >= 0.6 is 7.81 Å². The first kappa shape index (κ1) is 15.9. The molecule has 0 aromatic rings. The van der Waals surface area contributed by atoms with Gasteiger partial charge >= 0.3 is 33.0 Å². The van der Waals surface area contributed by atoms with Crippen molar-refractivity contribution in [1.82, 2.24) is 5.01 Å². The third-order valence-electron chi connectivity index (χ3n) is 0.931. The van der Waals surface area contributed by atoms with E-state index in [1.165, 1.54) is 0 Å². The maximum absolute atomic E-state index is 10.7. The van der Waals surface area contributed by atoms with Gasteiger partial charge in [-0.15, -0.1) is 4.68 Å². The van der Waals surface area contributed by atoms with Gasteiger partial charge in [-0.3, -0.25) is 0 Å². The quantitative estimate of drug-likeness (QED) is 0.237. The van der Waals surface area contributed by atoms with Gasteiger partial charge in [0, 0.05) is 0 Å². The van der Waals surface area contributed by atoms with E-state index >= 15 is 0 Å². The zero-order valence-electron chi connectivity index (χ0n) is 8.02. The summed E-state index contributed by atoms with van der Waals surface area (Å²) in [6, 6.07) is 0. The summed E-state index contributed by atoms with van der Waals surface area (Å²) < 4.78 is 61.1. The first-order valence-electron chi connectivity index (χ1n) is 3.45. The van der Waals surface area contributed by atoms with Crippen LogP contribution in [-0.4, -0.2) is 37.1 Å². The number of rotatable bonds is 2. The van der Waals surface area contributed by atoms with Crippen molar-refractivity contribution in [3.63, 3.8) is 0 Å². The van der Waals surface area contributed by atoms with E-state index in [2.05, 4.69) is 13.6 Å². The van der Waals surface area contributed by atoms with E-state index in [9.17, 15) is 25.2 Å². The molecule has 0 N–H and O–H groups in total. The van der Waals surface area contributed by atoms with Crippen molar-refractivity contribution in [3.05, 3.63) is 0 Å². The number of hydrazine groups is 1. The molecule has 0 aromatic heterocycles. The van der Waals surface area contributed by atoms with E-state index in [1.807, 2.05) is 23.8 Å². The zero-order chi connectivity index (χ0) is 12.3. The Morgan fingerprint density at radius 3 is 1.29 bits per heavy atom. The predicted molar refractivity (Wildman–Crippen MR) is 45.2 cm³/mol. The summed E-state index contributed by atoms with van der Waals surface area (Å²) in [5, 5.41) is 1.94. The molecule has 90 valence electrons. The van der Waals surface area contributed by atoms with Gasteiger partial charge in [-0.1, -0.05) is 0 Å². The number of hydrazone groups is 1. The second-order valence-electron chi connectivity index (χ2n) is 2.63. The Hall–Kier alpha value is -0.520. The van der Waals surface area contributed by atoms with Crippen LogP contribution in [0.25, 0.3) is 0 Å². The summed E-state index contributed by atoms with van der Waals surface area (Å²) in [5.41, 5.74) is 0. The Morgan fingerprint density at radius 2 is 1.29 bits per heavy atom. The van der Waals surface area contributed by atoms with Crippen LogP contribution in [-0.2, 0) is 0 Å². The molecule has 0 amide bonds. The fraction of sp³-hybridized carbons (Fsp3) is 0.800. The second kappa shape index (κ2) is 3.56. The average molecular weight is 246 g/mol. The van der Waals surface area contributed by atoms with Gasteiger partial charge in [-0.05, 0) is 6.92 Å². The Morgan fingerprint density at radius 1 is 1.07 bits per heavy atom. The third-order valence-corrected chi connectivity index (χ3v) is 0.931. The molecule has 0 fully saturated rings. The molecule has 0 radical (unpaired) electrons. The molecule has 0 aliphatic heterocycles. The van der Waals surface area contributed by atoms with Crippen LogP contribution < -0.4 is 0 Å². The molecular weight excluding hydrogens is 233 g/mol. The topological polar surface area (TPSA) is 6.25 Å². The Labute approximate surface area is 78.0 Å². The van der Waals surface area contributed by atoms with Gasteiger partial charge in [0.25, 0.3) is 0 Å². The molecule has 0 aliphatic rings. The van der Waals surface area contributed by atoms with Crippen molar-refractivity contribution in [1.29, 1.82) is 0 Å². The molecule has 0 heterocycles. The van der Waals surface area contributed by atoms with Crippen molar-refractivity contribution in [2.45, 2.75) is 6.92 Å². The minimum atomic E-state index is -10.7. The minimum absolute atomic E-state index is 0.965. The fourth-order valence-electron chi connectivity index (χ4n) is 0.283. The van der Waals surface area contributed by atoms with Crippen LogP contribution in [0.15, 0.2) is 0 Å². The van der Waals surface area contributed by atoms with Crippen molar-refractivity contribution in [2.24, 2.45) is 0 Å². The molecule has 0 rings (SSSR count). The van der Waals surface area contributed by atoms with E-state index in [4.69, 9.17) is 0 Å². The summed E-state index contributed by atoms with van der Waals surface area (Å²) >= 11 is 0. The summed E-state index contributed by atoms with van der Waals surface area (Å²) in [6.45, 7) is 6.74. The van der Waals surface area contributed by atoms with Crippen LogP contribution in [0, 0.1) is 0 Å². The van der Waals surface area contributed by atoms with Gasteiger partial charge in [0.15, 0.2) is 13.3 Å². The first-order chi connectivity index (χ1) is 5.63. The summed E-state index contributed by atoms with van der Waals surface area (Å²) in [4.78, 5) is 0. The Kier molecular flexibility index (Phi) is 4.06. The first-order valence-corrected chi connectivity index (χ1v) is 5.48. The number of nitrogens with zero attached hydrogens (tertiary/aromatic N) is 2. The van der Waals surface area contributed by atoms with E-state index in [0.717, 1.165) is 6.54 Å². The van der Waals surface area contributed by atoms with Crippen LogP contribution in [0.2, 0.25) is 0 Å². The van der Waals surface area contributed by atoms with Crippen LogP contribution in [0.3, 0.4) is 0 Å². The molecule has 0 bridgehead atoms. The normalized spacial score (nSPS) is 15.8. The van der Waals surface area contributed by atoms with Gasteiger partial charge in [0.1, 0.15) is 0 Å². The van der Waals surface area contributed by atoms with Crippen molar-refractivity contribution in [3.8, 4) is 0 Å². The number of hydrogen-bond acceptors (Lipinski definition) is 1. The maximum atomic E-state index is 9.87. The van der Waals surface area contributed by atoms with Gasteiger partial charge in [-0.2, -0.15) is 5.01 Å². The molecule has 0 saturated heterocycles. The fourth-order valence-corrected chi connectivity index (χ4v) is 0.283.